The van der Waals surface area contributed by atoms with Gasteiger partial charge in [0.1, 0.15) is 17.3 Å². The molecular formula is C23H18FN3O3. The molecule has 30 heavy (non-hydrogen) atoms. The third-order valence-corrected chi connectivity index (χ3v) is 4.80. The molecule has 0 atom stereocenters. The number of halogens is 1. The summed E-state index contributed by atoms with van der Waals surface area (Å²) in [6.07, 6.45) is 1.66. The molecule has 0 unspecified atom stereocenters. The number of methoxy groups -OCH3 is 1. The second kappa shape index (κ2) is 7.71. The van der Waals surface area contributed by atoms with Gasteiger partial charge < -0.3 is 20.2 Å². The summed E-state index contributed by atoms with van der Waals surface area (Å²) in [4.78, 5) is 26.2. The van der Waals surface area contributed by atoms with Crippen molar-refractivity contribution >= 4 is 28.6 Å². The van der Waals surface area contributed by atoms with E-state index >= 15 is 0 Å². The maximum atomic E-state index is 14.0. The van der Waals surface area contributed by atoms with Gasteiger partial charge in [0.05, 0.1) is 29.6 Å². The molecule has 2 aromatic heterocycles. The molecule has 2 heterocycles. The monoisotopic (exact) mass is 403 g/mol. The van der Waals surface area contributed by atoms with Crippen molar-refractivity contribution in [2.24, 2.45) is 0 Å². The number of carbonyl (C=O) groups excluding carboxylic acids is 2. The van der Waals surface area contributed by atoms with E-state index in [0.29, 0.717) is 16.8 Å². The predicted molar refractivity (Wildman–Crippen MR) is 113 cm³/mol. The highest BCUT2D eigenvalue weighted by Crippen LogP contribution is 2.30. The van der Waals surface area contributed by atoms with Gasteiger partial charge in [0, 0.05) is 11.8 Å². The second-order valence-corrected chi connectivity index (χ2v) is 6.58. The number of amides is 1. The van der Waals surface area contributed by atoms with Crippen LogP contribution < -0.4 is 15.8 Å². The number of hydrogen-bond donors (Lipinski definition) is 2. The highest BCUT2D eigenvalue weighted by atomic mass is 19.1. The van der Waals surface area contributed by atoms with Crippen molar-refractivity contribution in [3.8, 4) is 5.75 Å². The lowest BCUT2D eigenvalue weighted by atomic mass is 10.1. The number of ether oxygens (including phenoxy) is 1. The van der Waals surface area contributed by atoms with E-state index in [9.17, 15) is 14.0 Å². The molecule has 0 bridgehead atoms. The number of hydrogen-bond acceptors (Lipinski definition) is 4. The van der Waals surface area contributed by atoms with Gasteiger partial charge in [0.2, 0.25) is 5.78 Å². The summed E-state index contributed by atoms with van der Waals surface area (Å²) >= 11 is 0. The smallest absolute Gasteiger partial charge is 0.260 e. The number of nitrogens with one attached hydrogen (secondary N) is 1. The van der Waals surface area contributed by atoms with E-state index in [1.165, 1.54) is 25.3 Å². The van der Waals surface area contributed by atoms with E-state index in [2.05, 4.69) is 5.32 Å². The highest BCUT2D eigenvalue weighted by Gasteiger charge is 2.26. The maximum Gasteiger partial charge on any atom is 0.260 e. The van der Waals surface area contributed by atoms with Gasteiger partial charge in [-0.1, -0.05) is 18.2 Å². The number of aromatic nitrogens is 1. The first-order valence-electron chi connectivity index (χ1n) is 9.14. The van der Waals surface area contributed by atoms with Crippen molar-refractivity contribution in [1.29, 1.82) is 0 Å². The fraction of sp³-hybridized carbons (Fsp3) is 0.0435. The predicted octanol–water partition coefficient (Wildman–Crippen LogP) is 4.15. The summed E-state index contributed by atoms with van der Waals surface area (Å²) in [7, 11) is 1.54. The van der Waals surface area contributed by atoms with Crippen LogP contribution in [0.4, 0.5) is 15.8 Å². The lowest BCUT2D eigenvalue weighted by Gasteiger charge is -2.06. The molecule has 0 spiro atoms. The van der Waals surface area contributed by atoms with Gasteiger partial charge in [-0.15, -0.1) is 0 Å². The van der Waals surface area contributed by atoms with Crippen molar-refractivity contribution in [3.63, 3.8) is 0 Å². The summed E-state index contributed by atoms with van der Waals surface area (Å²) < 4.78 is 20.7. The number of nitrogen functional groups attached to an aromatic ring is 1. The fourth-order valence-electron chi connectivity index (χ4n) is 3.32. The second-order valence-electron chi connectivity index (χ2n) is 6.58. The Balaban J connectivity index is 1.80. The number of benzene rings is 2. The van der Waals surface area contributed by atoms with Gasteiger partial charge in [-0.25, -0.2) is 4.39 Å². The molecule has 0 aliphatic heterocycles. The van der Waals surface area contributed by atoms with Gasteiger partial charge >= 0.3 is 0 Å². The molecule has 0 aliphatic carbocycles. The molecule has 150 valence electrons. The Hall–Kier alpha value is -4.13. The van der Waals surface area contributed by atoms with E-state index in [1.807, 2.05) is 0 Å². The van der Waals surface area contributed by atoms with E-state index in [-0.39, 0.29) is 28.4 Å². The molecule has 2 aromatic carbocycles. The molecule has 4 aromatic rings. The SMILES string of the molecule is COc1ccc(C(=O)c2c(N)c(C(=O)Nc3ccccc3F)c3ccccn23)cc1. The van der Waals surface area contributed by atoms with Gasteiger partial charge in [0.25, 0.3) is 5.91 Å². The van der Waals surface area contributed by atoms with Crippen molar-refractivity contribution in [2.75, 3.05) is 18.2 Å². The average Bonchev–Trinajstić information content (AvgIpc) is 3.06. The summed E-state index contributed by atoms with van der Waals surface area (Å²) in [6, 6.07) is 17.6. The van der Waals surface area contributed by atoms with Crippen LogP contribution in [0.2, 0.25) is 0 Å². The Morgan fingerprint density at radius 1 is 1.00 bits per heavy atom. The molecule has 6 nitrogen and oxygen atoms in total. The van der Waals surface area contributed by atoms with E-state index < -0.39 is 11.7 Å². The first-order chi connectivity index (χ1) is 14.5. The first kappa shape index (κ1) is 19.2. The molecule has 4 rings (SSSR count). The zero-order chi connectivity index (χ0) is 21.3. The number of ketones is 1. The first-order valence-corrected chi connectivity index (χ1v) is 9.14. The van der Waals surface area contributed by atoms with Gasteiger partial charge in [-0.3, -0.25) is 9.59 Å². The molecule has 1 amide bonds. The average molecular weight is 403 g/mol. The van der Waals surface area contributed by atoms with E-state index in [0.717, 1.165) is 0 Å². The lowest BCUT2D eigenvalue weighted by molar-refractivity contribution is 0.102. The quantitative estimate of drug-likeness (QED) is 0.490. The van der Waals surface area contributed by atoms with Crippen LogP contribution in [0.25, 0.3) is 5.52 Å². The molecule has 7 heteroatoms. The lowest BCUT2D eigenvalue weighted by Crippen LogP contribution is -2.15. The Labute approximate surface area is 171 Å². The van der Waals surface area contributed by atoms with Gasteiger partial charge in [-0.05, 0) is 48.5 Å². The minimum absolute atomic E-state index is 0.0239. The van der Waals surface area contributed by atoms with Crippen LogP contribution in [0.1, 0.15) is 26.4 Å². The van der Waals surface area contributed by atoms with Gasteiger partial charge in [0.15, 0.2) is 0 Å². The summed E-state index contributed by atoms with van der Waals surface area (Å²) in [5, 5.41) is 2.53. The number of anilines is 2. The molecule has 0 fully saturated rings. The molecular weight excluding hydrogens is 385 g/mol. The van der Waals surface area contributed by atoms with Crippen LogP contribution in [-0.2, 0) is 0 Å². The Morgan fingerprint density at radius 2 is 1.70 bits per heavy atom. The van der Waals surface area contributed by atoms with E-state index in [1.54, 1.807) is 59.1 Å². The van der Waals surface area contributed by atoms with Gasteiger partial charge in [-0.2, -0.15) is 0 Å². The normalized spacial score (nSPS) is 10.7. The summed E-state index contributed by atoms with van der Waals surface area (Å²) in [5.41, 5.74) is 7.44. The van der Waals surface area contributed by atoms with Crippen LogP contribution in [0.5, 0.6) is 5.75 Å². The standard InChI is InChI=1S/C23H18FN3O3/c1-30-15-11-9-14(10-12-15)22(28)21-20(25)19(18-8-4-5-13-27(18)21)23(29)26-17-7-3-2-6-16(17)24/h2-13H,25H2,1H3,(H,26,29). The third kappa shape index (κ3) is 3.26. The number of pyridine rings is 1. The topological polar surface area (TPSA) is 85.8 Å². The van der Waals surface area contributed by atoms with Crippen LogP contribution in [0.15, 0.2) is 72.9 Å². The molecule has 0 aliphatic rings. The van der Waals surface area contributed by atoms with Crippen LogP contribution in [0.3, 0.4) is 0 Å². The van der Waals surface area contributed by atoms with E-state index in [4.69, 9.17) is 10.5 Å². The Kier molecular flexibility index (Phi) is 4.93. The maximum absolute atomic E-state index is 14.0. The largest absolute Gasteiger partial charge is 0.497 e. The highest BCUT2D eigenvalue weighted by molar-refractivity contribution is 6.20. The Morgan fingerprint density at radius 3 is 2.40 bits per heavy atom. The zero-order valence-corrected chi connectivity index (χ0v) is 16.1. The minimum Gasteiger partial charge on any atom is -0.497 e. The number of para-hydroxylation sites is 1. The molecule has 0 saturated heterocycles. The van der Waals surface area contributed by atoms with Crippen molar-refractivity contribution < 1.29 is 18.7 Å². The number of nitrogens with two attached hydrogens (primary N) is 1. The summed E-state index contributed by atoms with van der Waals surface area (Å²) in [6.45, 7) is 0. The number of carbonyl (C=O) groups is 2. The van der Waals surface area contributed by atoms with Crippen LogP contribution in [-0.4, -0.2) is 23.2 Å². The third-order valence-electron chi connectivity index (χ3n) is 4.80. The van der Waals surface area contributed by atoms with Crippen molar-refractivity contribution in [3.05, 3.63) is 95.6 Å². The molecule has 0 saturated carbocycles. The number of nitrogens with zero attached hydrogens (tertiary/aromatic N) is 1. The summed E-state index contributed by atoms with van der Waals surface area (Å²) in [5.74, 6) is -0.900. The van der Waals surface area contributed by atoms with Crippen LogP contribution in [0, 0.1) is 5.82 Å². The molecule has 3 N–H and O–H groups in total. The zero-order valence-electron chi connectivity index (χ0n) is 16.1. The van der Waals surface area contributed by atoms with Crippen molar-refractivity contribution in [1.82, 2.24) is 4.40 Å². The fourth-order valence-corrected chi connectivity index (χ4v) is 3.32. The van der Waals surface area contributed by atoms with Crippen molar-refractivity contribution in [2.45, 2.75) is 0 Å². The minimum atomic E-state index is -0.602. The number of fused-ring (bicyclic) bond motifs is 1. The Bertz CT molecular complexity index is 1260. The number of rotatable bonds is 5. The van der Waals surface area contributed by atoms with Crippen LogP contribution >= 0.6 is 0 Å². The molecule has 0 radical (unpaired) electrons.